The Morgan fingerprint density at radius 1 is 1.06 bits per heavy atom. The number of nitrogens with zero attached hydrogens (tertiary/aromatic N) is 3. The number of amides is 1. The fourth-order valence-electron chi connectivity index (χ4n) is 3.88. The van der Waals surface area contributed by atoms with Crippen molar-refractivity contribution in [2.24, 2.45) is 4.99 Å². The summed E-state index contributed by atoms with van der Waals surface area (Å²) in [6.45, 7) is 4.76. The molecule has 2 fully saturated rings. The molecule has 2 aromatic carbocycles. The molecule has 2 saturated heterocycles. The predicted molar refractivity (Wildman–Crippen MR) is 135 cm³/mol. The fraction of sp³-hybridized carbons (Fsp3) is 0.391. The van der Waals surface area contributed by atoms with Crippen LogP contribution in [0.5, 0.6) is 0 Å². The summed E-state index contributed by atoms with van der Waals surface area (Å²) in [5, 5.41) is 6.74. The van der Waals surface area contributed by atoms with Gasteiger partial charge in [-0.05, 0) is 29.8 Å². The number of benzene rings is 2. The lowest BCUT2D eigenvalue weighted by Gasteiger charge is -2.29. The highest BCUT2D eigenvalue weighted by Gasteiger charge is 2.31. The first-order valence-electron chi connectivity index (χ1n) is 10.5. The van der Waals surface area contributed by atoms with Crippen LogP contribution in [0.2, 0.25) is 0 Å². The Hall–Kier alpha value is -2.33. The fourth-order valence-corrected chi connectivity index (χ4v) is 3.88. The van der Waals surface area contributed by atoms with Gasteiger partial charge in [-0.1, -0.05) is 30.3 Å². The van der Waals surface area contributed by atoms with E-state index in [0.29, 0.717) is 25.5 Å². The van der Waals surface area contributed by atoms with Crippen LogP contribution in [-0.4, -0.2) is 57.8 Å². The molecule has 166 valence electrons. The number of aliphatic imine (C=N–C) groups is 1. The van der Waals surface area contributed by atoms with Crippen molar-refractivity contribution in [1.82, 2.24) is 10.6 Å². The van der Waals surface area contributed by atoms with Gasteiger partial charge >= 0.3 is 0 Å². The molecule has 1 unspecified atom stereocenters. The van der Waals surface area contributed by atoms with Crippen LogP contribution >= 0.6 is 24.0 Å². The number of anilines is 2. The molecule has 2 heterocycles. The van der Waals surface area contributed by atoms with Gasteiger partial charge in [0.2, 0.25) is 5.91 Å². The molecule has 1 atom stereocenters. The third-order valence-corrected chi connectivity index (χ3v) is 5.53. The highest BCUT2D eigenvalue weighted by molar-refractivity contribution is 14.0. The highest BCUT2D eigenvalue weighted by Crippen LogP contribution is 2.21. The highest BCUT2D eigenvalue weighted by atomic mass is 127. The third-order valence-electron chi connectivity index (χ3n) is 5.53. The smallest absolute Gasteiger partial charge is 0.229 e. The second-order valence-corrected chi connectivity index (χ2v) is 7.58. The largest absolute Gasteiger partial charge is 0.378 e. The minimum Gasteiger partial charge on any atom is -0.378 e. The van der Waals surface area contributed by atoms with Crippen LogP contribution in [0.4, 0.5) is 11.4 Å². The molecule has 0 bridgehead atoms. The molecule has 0 spiro atoms. The Morgan fingerprint density at radius 2 is 1.77 bits per heavy atom. The molecule has 31 heavy (non-hydrogen) atoms. The molecule has 7 nitrogen and oxygen atoms in total. The average molecular weight is 535 g/mol. The van der Waals surface area contributed by atoms with E-state index in [0.717, 1.165) is 32.0 Å². The Morgan fingerprint density at radius 3 is 2.45 bits per heavy atom. The van der Waals surface area contributed by atoms with Crippen LogP contribution in [0.3, 0.4) is 0 Å². The van der Waals surface area contributed by atoms with Crippen LogP contribution in [0.25, 0.3) is 0 Å². The number of ether oxygens (including phenoxy) is 1. The van der Waals surface area contributed by atoms with E-state index in [-0.39, 0.29) is 35.9 Å². The number of halogens is 1. The minimum atomic E-state index is 0. The van der Waals surface area contributed by atoms with Crippen LogP contribution < -0.4 is 20.4 Å². The van der Waals surface area contributed by atoms with E-state index in [1.54, 1.807) is 7.05 Å². The number of rotatable bonds is 5. The first-order valence-corrected chi connectivity index (χ1v) is 10.5. The number of guanidine groups is 1. The minimum absolute atomic E-state index is 0. The number of hydrogen-bond acceptors (Lipinski definition) is 4. The molecular weight excluding hydrogens is 505 g/mol. The molecule has 2 aliphatic rings. The molecule has 0 saturated carbocycles. The van der Waals surface area contributed by atoms with Gasteiger partial charge in [-0.2, -0.15) is 0 Å². The van der Waals surface area contributed by atoms with Crippen molar-refractivity contribution < 1.29 is 9.53 Å². The van der Waals surface area contributed by atoms with Gasteiger partial charge in [0.1, 0.15) is 0 Å². The van der Waals surface area contributed by atoms with Crippen molar-refractivity contribution in [3.8, 4) is 0 Å². The Kier molecular flexibility index (Phi) is 8.53. The van der Waals surface area contributed by atoms with Gasteiger partial charge in [0.15, 0.2) is 5.96 Å². The quantitative estimate of drug-likeness (QED) is 0.350. The van der Waals surface area contributed by atoms with Gasteiger partial charge in [-0.3, -0.25) is 9.79 Å². The van der Waals surface area contributed by atoms with Gasteiger partial charge in [-0.15, -0.1) is 24.0 Å². The molecule has 2 aromatic rings. The standard InChI is InChI=1S/C23H29N5O2.HI/c1-24-23(26-19-15-22(29)28(17-19)21-5-3-2-4-6-21)25-16-18-7-9-20(10-8-18)27-11-13-30-14-12-27;/h2-10,19H,11-17H2,1H3,(H2,24,25,26);1H. The summed E-state index contributed by atoms with van der Waals surface area (Å²) in [5.74, 6) is 0.841. The van der Waals surface area contributed by atoms with Gasteiger partial charge in [-0.25, -0.2) is 0 Å². The van der Waals surface area contributed by atoms with Crippen molar-refractivity contribution in [1.29, 1.82) is 0 Å². The van der Waals surface area contributed by atoms with Gasteiger partial charge in [0.25, 0.3) is 0 Å². The van der Waals surface area contributed by atoms with Crippen molar-refractivity contribution >= 4 is 47.2 Å². The second-order valence-electron chi connectivity index (χ2n) is 7.58. The summed E-state index contributed by atoms with van der Waals surface area (Å²) in [5.41, 5.74) is 3.36. The Labute approximate surface area is 200 Å². The zero-order valence-electron chi connectivity index (χ0n) is 17.8. The van der Waals surface area contributed by atoms with Crippen molar-refractivity contribution in [3.05, 3.63) is 60.2 Å². The second kappa shape index (κ2) is 11.3. The molecule has 1 amide bonds. The Balaban J connectivity index is 0.00000272. The van der Waals surface area contributed by atoms with Crippen molar-refractivity contribution in [2.75, 3.05) is 49.7 Å². The van der Waals surface area contributed by atoms with E-state index in [4.69, 9.17) is 4.74 Å². The first kappa shape index (κ1) is 23.3. The number of carbonyl (C=O) groups is 1. The third kappa shape index (κ3) is 6.10. The number of nitrogens with one attached hydrogen (secondary N) is 2. The van der Waals surface area contributed by atoms with Gasteiger partial charge < -0.3 is 25.2 Å². The maximum absolute atomic E-state index is 12.4. The van der Waals surface area contributed by atoms with Crippen molar-refractivity contribution in [3.63, 3.8) is 0 Å². The maximum atomic E-state index is 12.4. The summed E-state index contributed by atoms with van der Waals surface area (Å²) >= 11 is 0. The monoisotopic (exact) mass is 535 g/mol. The van der Waals surface area contributed by atoms with Crippen LogP contribution in [0.1, 0.15) is 12.0 Å². The molecule has 8 heteroatoms. The van der Waals surface area contributed by atoms with E-state index in [2.05, 4.69) is 44.8 Å². The van der Waals surface area contributed by atoms with Gasteiger partial charge in [0, 0.05) is 51.0 Å². The van der Waals surface area contributed by atoms with Crippen LogP contribution in [0.15, 0.2) is 59.6 Å². The average Bonchev–Trinajstić information content (AvgIpc) is 3.18. The lowest BCUT2D eigenvalue weighted by molar-refractivity contribution is -0.117. The summed E-state index contributed by atoms with van der Waals surface area (Å²) < 4.78 is 5.42. The summed E-state index contributed by atoms with van der Waals surface area (Å²) in [6, 6.07) is 18.4. The normalized spacial score (nSPS) is 19.2. The van der Waals surface area contributed by atoms with E-state index < -0.39 is 0 Å². The number of hydrogen-bond donors (Lipinski definition) is 2. The first-order chi connectivity index (χ1) is 14.7. The zero-order valence-corrected chi connectivity index (χ0v) is 20.1. The predicted octanol–water partition coefficient (Wildman–Crippen LogP) is 2.61. The topological polar surface area (TPSA) is 69.2 Å². The SMILES string of the molecule is CN=C(NCc1ccc(N2CCOCC2)cc1)NC1CC(=O)N(c2ccccc2)C1.I. The molecular formula is C23H30IN5O2. The number of morpholine rings is 1. The molecule has 2 N–H and O–H groups in total. The van der Waals surface area contributed by atoms with E-state index in [1.807, 2.05) is 35.2 Å². The van der Waals surface area contributed by atoms with E-state index in [9.17, 15) is 4.79 Å². The lowest BCUT2D eigenvalue weighted by Crippen LogP contribution is -2.44. The molecule has 0 aromatic heterocycles. The number of para-hydroxylation sites is 1. The molecule has 0 aliphatic carbocycles. The number of carbonyl (C=O) groups excluding carboxylic acids is 1. The van der Waals surface area contributed by atoms with E-state index >= 15 is 0 Å². The molecule has 4 rings (SSSR count). The van der Waals surface area contributed by atoms with Crippen LogP contribution in [-0.2, 0) is 16.1 Å². The van der Waals surface area contributed by atoms with E-state index in [1.165, 1.54) is 11.3 Å². The van der Waals surface area contributed by atoms with Crippen LogP contribution in [0, 0.1) is 0 Å². The maximum Gasteiger partial charge on any atom is 0.229 e. The molecule has 2 aliphatic heterocycles. The Bertz CT molecular complexity index is 869. The lowest BCUT2D eigenvalue weighted by atomic mass is 10.2. The summed E-state index contributed by atoms with van der Waals surface area (Å²) in [6.07, 6.45) is 0.462. The summed E-state index contributed by atoms with van der Waals surface area (Å²) in [4.78, 5) is 20.9. The van der Waals surface area contributed by atoms with Crippen molar-refractivity contribution in [2.45, 2.75) is 19.0 Å². The molecule has 0 radical (unpaired) electrons. The van der Waals surface area contributed by atoms with Gasteiger partial charge in [0.05, 0.1) is 19.3 Å². The summed E-state index contributed by atoms with van der Waals surface area (Å²) in [7, 11) is 1.75. The zero-order chi connectivity index (χ0) is 20.8.